The van der Waals surface area contributed by atoms with E-state index in [2.05, 4.69) is 9.55 Å². The highest BCUT2D eigenvalue weighted by Gasteiger charge is 2.21. The summed E-state index contributed by atoms with van der Waals surface area (Å²) >= 11 is 0. The molecular formula is C13H13N3O2. The first-order valence-corrected chi connectivity index (χ1v) is 5.82. The Balaban J connectivity index is 1.96. The zero-order chi connectivity index (χ0) is 12.5. The van der Waals surface area contributed by atoms with Gasteiger partial charge < -0.3 is 14.6 Å². The van der Waals surface area contributed by atoms with Crippen LogP contribution in [0.15, 0.2) is 36.7 Å². The van der Waals surface area contributed by atoms with Crippen LogP contribution in [0.2, 0.25) is 0 Å². The minimum Gasteiger partial charge on any atom is -0.465 e. The molecule has 1 aliphatic rings. The van der Waals surface area contributed by atoms with Crippen molar-refractivity contribution in [1.82, 2.24) is 14.5 Å². The molecule has 5 heteroatoms. The lowest BCUT2D eigenvalue weighted by atomic mass is 10.2. The van der Waals surface area contributed by atoms with E-state index in [1.807, 2.05) is 30.5 Å². The molecule has 3 heterocycles. The molecule has 0 unspecified atom stereocenters. The second kappa shape index (κ2) is 4.18. The Hall–Kier alpha value is -2.30. The second-order valence-electron chi connectivity index (χ2n) is 4.31. The Bertz CT molecular complexity index is 577. The fourth-order valence-corrected chi connectivity index (χ4v) is 2.34. The molecule has 1 N–H and O–H groups in total. The van der Waals surface area contributed by atoms with E-state index in [0.717, 1.165) is 17.0 Å². The molecule has 3 rings (SSSR count). The SMILES string of the molecule is O=C(O)N1CCn2c(ccc2-c2cccnc2)C1. The molecule has 0 saturated carbocycles. The van der Waals surface area contributed by atoms with Gasteiger partial charge in [0.05, 0.1) is 6.54 Å². The molecule has 2 aromatic heterocycles. The smallest absolute Gasteiger partial charge is 0.407 e. The standard InChI is InChI=1S/C13H13N3O2/c17-13(18)15-6-7-16-11(9-15)3-4-12(16)10-2-1-5-14-8-10/h1-5,8H,6-7,9H2,(H,17,18). The molecule has 0 fully saturated rings. The molecule has 2 aromatic rings. The van der Waals surface area contributed by atoms with Gasteiger partial charge in [0, 0.05) is 42.4 Å². The van der Waals surface area contributed by atoms with Crippen LogP contribution in [0.4, 0.5) is 4.79 Å². The highest BCUT2D eigenvalue weighted by atomic mass is 16.4. The minimum atomic E-state index is -0.856. The summed E-state index contributed by atoms with van der Waals surface area (Å²) in [7, 11) is 0. The molecule has 18 heavy (non-hydrogen) atoms. The van der Waals surface area contributed by atoms with Gasteiger partial charge in [0.25, 0.3) is 0 Å². The van der Waals surface area contributed by atoms with Crippen LogP contribution in [0.1, 0.15) is 5.69 Å². The van der Waals surface area contributed by atoms with Crippen molar-refractivity contribution in [2.45, 2.75) is 13.1 Å². The molecule has 92 valence electrons. The summed E-state index contributed by atoms with van der Waals surface area (Å²) in [5.74, 6) is 0. The molecule has 0 aromatic carbocycles. The Morgan fingerprint density at radius 1 is 1.28 bits per heavy atom. The summed E-state index contributed by atoms with van der Waals surface area (Å²) in [6.07, 6.45) is 2.72. The highest BCUT2D eigenvalue weighted by Crippen LogP contribution is 2.25. The number of aromatic nitrogens is 2. The summed E-state index contributed by atoms with van der Waals surface area (Å²) in [5, 5.41) is 8.99. The largest absolute Gasteiger partial charge is 0.465 e. The van der Waals surface area contributed by atoms with Crippen molar-refractivity contribution in [1.29, 1.82) is 0 Å². The maximum Gasteiger partial charge on any atom is 0.407 e. The number of amides is 1. The number of pyridine rings is 1. The van der Waals surface area contributed by atoms with Crippen LogP contribution >= 0.6 is 0 Å². The van der Waals surface area contributed by atoms with E-state index in [0.29, 0.717) is 19.6 Å². The van der Waals surface area contributed by atoms with Gasteiger partial charge in [0.1, 0.15) is 0 Å². The third-order valence-corrected chi connectivity index (χ3v) is 3.25. The molecule has 0 spiro atoms. The Labute approximate surface area is 104 Å². The number of carbonyl (C=O) groups is 1. The lowest BCUT2D eigenvalue weighted by Gasteiger charge is -2.27. The van der Waals surface area contributed by atoms with E-state index >= 15 is 0 Å². The number of carboxylic acid groups (broad SMARTS) is 1. The molecule has 1 amide bonds. The van der Waals surface area contributed by atoms with Gasteiger partial charge in [-0.3, -0.25) is 4.98 Å². The summed E-state index contributed by atoms with van der Waals surface area (Å²) in [4.78, 5) is 16.5. The molecule has 0 aliphatic carbocycles. The van der Waals surface area contributed by atoms with Crippen LogP contribution in [0, 0.1) is 0 Å². The third kappa shape index (κ3) is 1.73. The first kappa shape index (κ1) is 10.8. The molecule has 5 nitrogen and oxygen atoms in total. The number of rotatable bonds is 1. The van der Waals surface area contributed by atoms with E-state index in [1.165, 1.54) is 4.90 Å². The monoisotopic (exact) mass is 243 g/mol. The predicted molar refractivity (Wildman–Crippen MR) is 66.1 cm³/mol. The summed E-state index contributed by atoms with van der Waals surface area (Å²) in [6, 6.07) is 7.93. The van der Waals surface area contributed by atoms with E-state index in [4.69, 9.17) is 5.11 Å². The normalized spacial score (nSPS) is 14.3. The lowest BCUT2D eigenvalue weighted by molar-refractivity contribution is 0.133. The average Bonchev–Trinajstić information content (AvgIpc) is 2.82. The minimum absolute atomic E-state index is 0.454. The number of nitrogens with zero attached hydrogens (tertiary/aromatic N) is 3. The first-order valence-electron chi connectivity index (χ1n) is 5.82. The number of hydrogen-bond acceptors (Lipinski definition) is 2. The zero-order valence-corrected chi connectivity index (χ0v) is 9.78. The molecule has 0 saturated heterocycles. The van der Waals surface area contributed by atoms with Crippen molar-refractivity contribution in [3.63, 3.8) is 0 Å². The quantitative estimate of drug-likeness (QED) is 0.833. The topological polar surface area (TPSA) is 58.4 Å². The van der Waals surface area contributed by atoms with Gasteiger partial charge in [-0.15, -0.1) is 0 Å². The highest BCUT2D eigenvalue weighted by molar-refractivity contribution is 5.66. The van der Waals surface area contributed by atoms with Gasteiger partial charge >= 0.3 is 6.09 Å². The number of fused-ring (bicyclic) bond motifs is 1. The Morgan fingerprint density at radius 2 is 2.17 bits per heavy atom. The van der Waals surface area contributed by atoms with Crippen LogP contribution in [0.25, 0.3) is 11.3 Å². The summed E-state index contributed by atoms with van der Waals surface area (Å²) in [5.41, 5.74) is 3.19. The maximum atomic E-state index is 10.9. The fraction of sp³-hybridized carbons (Fsp3) is 0.231. The van der Waals surface area contributed by atoms with Crippen LogP contribution in [-0.4, -0.2) is 32.2 Å². The van der Waals surface area contributed by atoms with Crippen LogP contribution in [0.5, 0.6) is 0 Å². The molecule has 1 aliphatic heterocycles. The van der Waals surface area contributed by atoms with Crippen molar-refractivity contribution < 1.29 is 9.90 Å². The van der Waals surface area contributed by atoms with E-state index in [9.17, 15) is 4.79 Å². The van der Waals surface area contributed by atoms with Gasteiger partial charge in [-0.05, 0) is 24.3 Å². The molecule has 0 atom stereocenters. The van der Waals surface area contributed by atoms with Crippen molar-refractivity contribution in [2.75, 3.05) is 6.54 Å². The van der Waals surface area contributed by atoms with Gasteiger partial charge in [0.2, 0.25) is 0 Å². The van der Waals surface area contributed by atoms with Crippen LogP contribution in [0.3, 0.4) is 0 Å². The zero-order valence-electron chi connectivity index (χ0n) is 9.78. The lowest BCUT2D eigenvalue weighted by Crippen LogP contribution is -2.37. The van der Waals surface area contributed by atoms with Crippen LogP contribution < -0.4 is 0 Å². The van der Waals surface area contributed by atoms with Gasteiger partial charge in [-0.2, -0.15) is 0 Å². The van der Waals surface area contributed by atoms with Crippen LogP contribution in [-0.2, 0) is 13.1 Å². The van der Waals surface area contributed by atoms with Crippen molar-refractivity contribution >= 4 is 6.09 Å². The fourth-order valence-electron chi connectivity index (χ4n) is 2.34. The van der Waals surface area contributed by atoms with E-state index < -0.39 is 6.09 Å². The van der Waals surface area contributed by atoms with Gasteiger partial charge in [-0.25, -0.2) is 4.79 Å². The number of hydrogen-bond donors (Lipinski definition) is 1. The van der Waals surface area contributed by atoms with Crippen molar-refractivity contribution in [3.8, 4) is 11.3 Å². The first-order chi connectivity index (χ1) is 8.75. The summed E-state index contributed by atoms with van der Waals surface area (Å²) < 4.78 is 2.16. The maximum absolute atomic E-state index is 10.9. The third-order valence-electron chi connectivity index (χ3n) is 3.25. The van der Waals surface area contributed by atoms with Gasteiger partial charge in [-0.1, -0.05) is 0 Å². The van der Waals surface area contributed by atoms with E-state index in [1.54, 1.807) is 6.20 Å². The average molecular weight is 243 g/mol. The summed E-state index contributed by atoms with van der Waals surface area (Å²) in [6.45, 7) is 1.68. The Morgan fingerprint density at radius 3 is 2.89 bits per heavy atom. The van der Waals surface area contributed by atoms with Crippen molar-refractivity contribution in [2.24, 2.45) is 0 Å². The Kier molecular flexibility index (Phi) is 2.51. The molecule has 0 radical (unpaired) electrons. The predicted octanol–water partition coefficient (Wildman–Crippen LogP) is 2.04. The van der Waals surface area contributed by atoms with Crippen molar-refractivity contribution in [3.05, 3.63) is 42.4 Å². The van der Waals surface area contributed by atoms with E-state index in [-0.39, 0.29) is 0 Å². The molecular weight excluding hydrogens is 230 g/mol. The van der Waals surface area contributed by atoms with Gasteiger partial charge in [0.15, 0.2) is 0 Å². The second-order valence-corrected chi connectivity index (χ2v) is 4.31. The molecule has 0 bridgehead atoms.